The van der Waals surface area contributed by atoms with Crippen molar-refractivity contribution in [3.63, 3.8) is 0 Å². The van der Waals surface area contributed by atoms with E-state index in [1.165, 1.54) is 12.8 Å². The van der Waals surface area contributed by atoms with Gasteiger partial charge in [0.05, 0.1) is 26.1 Å². The van der Waals surface area contributed by atoms with Gasteiger partial charge in [-0.25, -0.2) is 9.18 Å². The molecule has 9 heteroatoms. The van der Waals surface area contributed by atoms with Crippen molar-refractivity contribution in [2.45, 2.75) is 44.2 Å². The Morgan fingerprint density at radius 3 is 2.50 bits per heavy atom. The summed E-state index contributed by atoms with van der Waals surface area (Å²) in [6.45, 7) is -0.191. The molecular weight excluding hydrogens is 367 g/mol. The number of carbonyl (C=O) groups excluding carboxylic acids is 2. The standard InChI is InChI=1S/C19H25FN4O4/c20-19(8-21-15(25)6-13-7-16(26)23-18(28)22-13)9-24(10-19)17(27)14-5-11-1-3-12(14)4-2-11/h7,11-12,14H,1-6,8-10H2,(H,21,25)(H2,22,23,26,28). The number of carbonyl (C=O) groups is 2. The second kappa shape index (κ2) is 7.18. The normalized spacial score (nSPS) is 27.9. The molecule has 0 spiro atoms. The number of alkyl halides is 1. The summed E-state index contributed by atoms with van der Waals surface area (Å²) in [5, 5.41) is 2.49. The van der Waals surface area contributed by atoms with Gasteiger partial charge in [-0.2, -0.15) is 0 Å². The van der Waals surface area contributed by atoms with Crippen LogP contribution in [0.25, 0.3) is 0 Å². The van der Waals surface area contributed by atoms with Crippen molar-refractivity contribution in [2.24, 2.45) is 17.8 Å². The number of H-pyrrole nitrogens is 2. The van der Waals surface area contributed by atoms with Crippen LogP contribution in [0.15, 0.2) is 15.7 Å². The average molecular weight is 392 g/mol. The van der Waals surface area contributed by atoms with Crippen molar-refractivity contribution in [1.82, 2.24) is 20.2 Å². The molecule has 1 unspecified atom stereocenters. The van der Waals surface area contributed by atoms with Crippen LogP contribution in [0.5, 0.6) is 0 Å². The van der Waals surface area contributed by atoms with Crippen LogP contribution in [0.3, 0.4) is 0 Å². The van der Waals surface area contributed by atoms with Crippen molar-refractivity contribution in [2.75, 3.05) is 19.6 Å². The number of aromatic nitrogens is 2. The number of hydrogen-bond donors (Lipinski definition) is 3. The van der Waals surface area contributed by atoms with E-state index in [9.17, 15) is 23.6 Å². The molecule has 2 amide bonds. The molecule has 1 saturated heterocycles. The van der Waals surface area contributed by atoms with Crippen molar-refractivity contribution >= 4 is 11.8 Å². The Balaban J connectivity index is 1.25. The van der Waals surface area contributed by atoms with E-state index in [-0.39, 0.29) is 43.6 Å². The number of likely N-dealkylation sites (tertiary alicyclic amines) is 1. The fraction of sp³-hybridized carbons (Fsp3) is 0.684. The Morgan fingerprint density at radius 1 is 1.18 bits per heavy atom. The molecule has 2 heterocycles. The van der Waals surface area contributed by atoms with Crippen LogP contribution in [0.4, 0.5) is 4.39 Å². The van der Waals surface area contributed by atoms with E-state index in [2.05, 4.69) is 10.3 Å². The third kappa shape index (κ3) is 3.88. The molecule has 152 valence electrons. The molecule has 1 atom stereocenters. The molecule has 0 radical (unpaired) electrons. The Morgan fingerprint density at radius 2 is 1.89 bits per heavy atom. The van der Waals surface area contributed by atoms with Crippen LogP contribution >= 0.6 is 0 Å². The topological polar surface area (TPSA) is 115 Å². The van der Waals surface area contributed by atoms with Gasteiger partial charge in [0, 0.05) is 17.7 Å². The highest BCUT2D eigenvalue weighted by Gasteiger charge is 2.49. The molecule has 1 aromatic rings. The van der Waals surface area contributed by atoms with Crippen molar-refractivity contribution in [3.8, 4) is 0 Å². The molecule has 1 aliphatic heterocycles. The largest absolute Gasteiger partial charge is 0.352 e. The number of fused-ring (bicyclic) bond motifs is 3. The molecule has 28 heavy (non-hydrogen) atoms. The average Bonchev–Trinajstić information content (AvgIpc) is 2.63. The minimum absolute atomic E-state index is 0.00182. The molecule has 0 aromatic carbocycles. The molecule has 3 saturated carbocycles. The fourth-order valence-corrected chi connectivity index (χ4v) is 4.93. The van der Waals surface area contributed by atoms with Crippen molar-refractivity contribution < 1.29 is 14.0 Å². The zero-order chi connectivity index (χ0) is 19.9. The van der Waals surface area contributed by atoms with E-state index in [1.54, 1.807) is 4.90 Å². The summed E-state index contributed by atoms with van der Waals surface area (Å²) in [5.74, 6) is 0.705. The summed E-state index contributed by atoms with van der Waals surface area (Å²) < 4.78 is 14.8. The lowest BCUT2D eigenvalue weighted by Gasteiger charge is -2.49. The monoisotopic (exact) mass is 392 g/mol. The van der Waals surface area contributed by atoms with Gasteiger partial charge >= 0.3 is 5.69 Å². The molecule has 8 nitrogen and oxygen atoms in total. The van der Waals surface area contributed by atoms with Gasteiger partial charge < -0.3 is 15.2 Å². The van der Waals surface area contributed by atoms with Gasteiger partial charge in [-0.15, -0.1) is 0 Å². The molecule has 2 bridgehead atoms. The number of nitrogens with one attached hydrogen (secondary N) is 3. The Labute approximate surface area is 160 Å². The van der Waals surface area contributed by atoms with Gasteiger partial charge in [0.2, 0.25) is 11.8 Å². The third-order valence-electron chi connectivity index (χ3n) is 6.39. The smallest absolute Gasteiger partial charge is 0.325 e. The number of halogens is 1. The van der Waals surface area contributed by atoms with Crippen molar-refractivity contribution in [1.29, 1.82) is 0 Å². The maximum absolute atomic E-state index is 14.8. The van der Waals surface area contributed by atoms with Gasteiger partial charge in [0.1, 0.15) is 0 Å². The number of rotatable bonds is 5. The first kappa shape index (κ1) is 18.9. The van der Waals surface area contributed by atoms with Gasteiger partial charge in [0.15, 0.2) is 5.67 Å². The maximum Gasteiger partial charge on any atom is 0.325 e. The number of amides is 2. The quantitative estimate of drug-likeness (QED) is 0.659. The predicted octanol–water partition coefficient (Wildman–Crippen LogP) is 0.0987. The Kier molecular flexibility index (Phi) is 4.84. The highest BCUT2D eigenvalue weighted by molar-refractivity contribution is 5.81. The number of nitrogens with zero attached hydrogens (tertiary/aromatic N) is 1. The van der Waals surface area contributed by atoms with E-state index >= 15 is 0 Å². The lowest BCUT2D eigenvalue weighted by atomic mass is 9.64. The van der Waals surface area contributed by atoms with E-state index < -0.39 is 22.8 Å². The highest BCUT2D eigenvalue weighted by Crippen LogP contribution is 2.46. The van der Waals surface area contributed by atoms with Crippen LogP contribution in [-0.2, 0) is 16.0 Å². The van der Waals surface area contributed by atoms with Crippen LogP contribution in [0, 0.1) is 17.8 Å². The SMILES string of the molecule is O=C(Cc1cc(=O)[nH]c(=O)[nH]1)NCC1(F)CN(C(=O)C2CC3CCC2CC3)C1. The minimum Gasteiger partial charge on any atom is -0.352 e. The van der Waals surface area contributed by atoms with Crippen LogP contribution in [0.2, 0.25) is 0 Å². The molecular formula is C19H25FN4O4. The first-order chi connectivity index (χ1) is 13.3. The predicted molar refractivity (Wildman–Crippen MR) is 98.4 cm³/mol. The summed E-state index contributed by atoms with van der Waals surface area (Å²) in [7, 11) is 0. The summed E-state index contributed by atoms with van der Waals surface area (Å²) in [6, 6.07) is 1.12. The van der Waals surface area contributed by atoms with E-state index in [4.69, 9.17) is 0 Å². The van der Waals surface area contributed by atoms with Crippen LogP contribution in [-0.4, -0.2) is 52.0 Å². The lowest BCUT2D eigenvalue weighted by molar-refractivity contribution is -0.155. The summed E-state index contributed by atoms with van der Waals surface area (Å²) in [6.07, 6.45) is 5.36. The first-order valence-corrected chi connectivity index (χ1v) is 9.88. The Hall–Kier alpha value is -2.45. The second-order valence-electron chi connectivity index (χ2n) is 8.53. The van der Waals surface area contributed by atoms with E-state index in [0.29, 0.717) is 11.8 Å². The second-order valence-corrected chi connectivity index (χ2v) is 8.53. The van der Waals surface area contributed by atoms with Gasteiger partial charge in [-0.3, -0.25) is 19.4 Å². The molecule has 4 aliphatic rings. The Bertz CT molecular complexity index is 852. The zero-order valence-corrected chi connectivity index (χ0v) is 15.6. The van der Waals surface area contributed by atoms with Crippen molar-refractivity contribution in [3.05, 3.63) is 32.6 Å². The molecule has 4 fully saturated rings. The molecule has 5 rings (SSSR count). The highest BCUT2D eigenvalue weighted by atomic mass is 19.1. The third-order valence-corrected chi connectivity index (χ3v) is 6.39. The van der Waals surface area contributed by atoms with Crippen LogP contribution in [0.1, 0.15) is 37.8 Å². The lowest BCUT2D eigenvalue weighted by Crippen LogP contribution is -2.66. The maximum atomic E-state index is 14.8. The summed E-state index contributed by atoms with van der Waals surface area (Å²) >= 11 is 0. The summed E-state index contributed by atoms with van der Waals surface area (Å²) in [4.78, 5) is 53.1. The fourth-order valence-electron chi connectivity index (χ4n) is 4.93. The van der Waals surface area contributed by atoms with E-state index in [0.717, 1.165) is 25.3 Å². The molecule has 1 aromatic heterocycles. The minimum atomic E-state index is -1.62. The van der Waals surface area contributed by atoms with E-state index in [1.807, 2.05) is 4.98 Å². The zero-order valence-electron chi connectivity index (χ0n) is 15.6. The van der Waals surface area contributed by atoms with Crippen LogP contribution < -0.4 is 16.6 Å². The number of hydrogen-bond acceptors (Lipinski definition) is 4. The van der Waals surface area contributed by atoms with Gasteiger partial charge in [-0.05, 0) is 31.1 Å². The van der Waals surface area contributed by atoms with Gasteiger partial charge in [-0.1, -0.05) is 12.8 Å². The summed E-state index contributed by atoms with van der Waals surface area (Å²) in [5.41, 5.74) is -2.75. The van der Waals surface area contributed by atoms with Gasteiger partial charge in [0.25, 0.3) is 5.56 Å². The number of aromatic amines is 2. The molecule has 3 N–H and O–H groups in total. The molecule has 3 aliphatic carbocycles. The first-order valence-electron chi connectivity index (χ1n) is 9.88.